The molecular formula is C26H23Cl2N3O2S. The SMILES string of the molecule is Cc1ccccc1C(=O)NCCn1cc(SCC(=O)Nc2ccc(Cl)c(Cl)c2)c2ccccc21. The minimum absolute atomic E-state index is 0.0804. The summed E-state index contributed by atoms with van der Waals surface area (Å²) in [4.78, 5) is 26.0. The summed E-state index contributed by atoms with van der Waals surface area (Å²) in [5.41, 5.74) is 3.29. The molecule has 8 heteroatoms. The van der Waals surface area contributed by atoms with E-state index < -0.39 is 0 Å². The van der Waals surface area contributed by atoms with E-state index in [2.05, 4.69) is 15.2 Å². The topological polar surface area (TPSA) is 63.1 Å². The molecular weight excluding hydrogens is 489 g/mol. The van der Waals surface area contributed by atoms with E-state index in [0.29, 0.717) is 34.4 Å². The van der Waals surface area contributed by atoms with Gasteiger partial charge in [-0.25, -0.2) is 0 Å². The van der Waals surface area contributed by atoms with E-state index in [9.17, 15) is 9.59 Å². The molecule has 0 bridgehead atoms. The number of carbonyl (C=O) groups excluding carboxylic acids is 2. The van der Waals surface area contributed by atoms with Crippen LogP contribution in [0, 0.1) is 6.92 Å². The minimum Gasteiger partial charge on any atom is -0.350 e. The largest absolute Gasteiger partial charge is 0.350 e. The van der Waals surface area contributed by atoms with Crippen molar-refractivity contribution in [3.05, 3.63) is 94.1 Å². The second-order valence-corrected chi connectivity index (χ2v) is 9.57. The quantitative estimate of drug-likeness (QED) is 0.268. The lowest BCUT2D eigenvalue weighted by atomic mass is 10.1. The van der Waals surface area contributed by atoms with Gasteiger partial charge in [-0.05, 0) is 42.8 Å². The lowest BCUT2D eigenvalue weighted by Gasteiger charge is -2.09. The van der Waals surface area contributed by atoms with Gasteiger partial charge in [-0.15, -0.1) is 11.8 Å². The van der Waals surface area contributed by atoms with Gasteiger partial charge < -0.3 is 15.2 Å². The highest BCUT2D eigenvalue weighted by atomic mass is 35.5. The van der Waals surface area contributed by atoms with Gasteiger partial charge >= 0.3 is 0 Å². The summed E-state index contributed by atoms with van der Waals surface area (Å²) in [6.45, 7) is 3.04. The van der Waals surface area contributed by atoms with E-state index in [1.165, 1.54) is 11.8 Å². The first-order valence-electron chi connectivity index (χ1n) is 10.7. The highest BCUT2D eigenvalue weighted by Gasteiger charge is 2.12. The Balaban J connectivity index is 1.39. The monoisotopic (exact) mass is 511 g/mol. The summed E-state index contributed by atoms with van der Waals surface area (Å²) in [6, 6.07) is 20.6. The van der Waals surface area contributed by atoms with Crippen LogP contribution in [0.1, 0.15) is 15.9 Å². The molecule has 3 aromatic carbocycles. The van der Waals surface area contributed by atoms with Crippen molar-refractivity contribution in [2.24, 2.45) is 0 Å². The Bertz CT molecular complexity index is 1350. The molecule has 0 aliphatic carbocycles. The van der Waals surface area contributed by atoms with Crippen LogP contribution in [0.4, 0.5) is 5.69 Å². The van der Waals surface area contributed by atoms with Gasteiger partial charge in [0.15, 0.2) is 0 Å². The van der Waals surface area contributed by atoms with Crippen LogP contribution in [0.5, 0.6) is 0 Å². The van der Waals surface area contributed by atoms with Crippen LogP contribution in [0.25, 0.3) is 10.9 Å². The number of amides is 2. The molecule has 0 saturated heterocycles. The lowest BCUT2D eigenvalue weighted by Crippen LogP contribution is -2.27. The molecule has 0 saturated carbocycles. The van der Waals surface area contributed by atoms with Crippen molar-refractivity contribution < 1.29 is 9.59 Å². The first kappa shape index (κ1) is 24.2. The molecule has 5 nitrogen and oxygen atoms in total. The third-order valence-electron chi connectivity index (χ3n) is 5.34. The van der Waals surface area contributed by atoms with Crippen LogP contribution in [0.3, 0.4) is 0 Å². The van der Waals surface area contributed by atoms with E-state index in [0.717, 1.165) is 21.4 Å². The maximum atomic E-state index is 12.5. The molecule has 1 heterocycles. The molecule has 34 heavy (non-hydrogen) atoms. The van der Waals surface area contributed by atoms with Crippen molar-refractivity contribution in [2.45, 2.75) is 18.4 Å². The standard InChI is InChI=1S/C26H23Cl2N3O2S/c1-17-6-2-3-7-19(17)26(33)29-12-13-31-15-24(20-8-4-5-9-23(20)31)34-16-25(32)30-18-10-11-21(27)22(28)14-18/h2-11,14-15H,12-13,16H2,1H3,(H,29,33)(H,30,32). The molecule has 0 fully saturated rings. The summed E-state index contributed by atoms with van der Waals surface area (Å²) in [7, 11) is 0. The van der Waals surface area contributed by atoms with Crippen molar-refractivity contribution in [3.8, 4) is 0 Å². The molecule has 0 atom stereocenters. The normalized spacial score (nSPS) is 10.9. The first-order valence-corrected chi connectivity index (χ1v) is 12.5. The molecule has 0 spiro atoms. The molecule has 174 valence electrons. The molecule has 2 amide bonds. The maximum Gasteiger partial charge on any atom is 0.251 e. The second-order valence-electron chi connectivity index (χ2n) is 7.74. The van der Waals surface area contributed by atoms with Crippen LogP contribution >= 0.6 is 35.0 Å². The van der Waals surface area contributed by atoms with E-state index >= 15 is 0 Å². The molecule has 0 unspecified atom stereocenters. The number of rotatable bonds is 8. The summed E-state index contributed by atoms with van der Waals surface area (Å²) >= 11 is 13.4. The highest BCUT2D eigenvalue weighted by Crippen LogP contribution is 2.30. The second kappa shape index (κ2) is 11.0. The van der Waals surface area contributed by atoms with Gasteiger partial charge in [0.1, 0.15) is 0 Å². The zero-order chi connectivity index (χ0) is 24.1. The number of nitrogens with zero attached hydrogens (tertiary/aromatic N) is 1. The number of thioether (sulfide) groups is 1. The molecule has 0 aliphatic heterocycles. The average Bonchev–Trinajstić information content (AvgIpc) is 3.18. The summed E-state index contributed by atoms with van der Waals surface area (Å²) in [5, 5.41) is 7.75. The number of benzene rings is 3. The number of halogens is 2. The zero-order valence-electron chi connectivity index (χ0n) is 18.5. The van der Waals surface area contributed by atoms with E-state index in [1.807, 2.05) is 61.7 Å². The van der Waals surface area contributed by atoms with Crippen LogP contribution < -0.4 is 10.6 Å². The fraction of sp³-hybridized carbons (Fsp3) is 0.154. The molecule has 1 aromatic heterocycles. The first-order chi connectivity index (χ1) is 16.4. The smallest absolute Gasteiger partial charge is 0.251 e. The van der Waals surface area contributed by atoms with E-state index in [1.54, 1.807) is 18.2 Å². The Morgan fingerprint density at radius 1 is 0.971 bits per heavy atom. The number of nitrogens with one attached hydrogen (secondary N) is 2. The molecule has 2 N–H and O–H groups in total. The average molecular weight is 512 g/mol. The van der Waals surface area contributed by atoms with Crippen molar-refractivity contribution >= 4 is 63.4 Å². The third kappa shape index (κ3) is 5.76. The summed E-state index contributed by atoms with van der Waals surface area (Å²) in [5.74, 6) is 0.0343. The zero-order valence-corrected chi connectivity index (χ0v) is 20.8. The van der Waals surface area contributed by atoms with E-state index in [-0.39, 0.29) is 17.6 Å². The number of anilines is 1. The summed E-state index contributed by atoms with van der Waals surface area (Å²) in [6.07, 6.45) is 2.03. The van der Waals surface area contributed by atoms with Gasteiger partial charge in [0.25, 0.3) is 5.91 Å². The van der Waals surface area contributed by atoms with Crippen molar-refractivity contribution in [1.29, 1.82) is 0 Å². The highest BCUT2D eigenvalue weighted by molar-refractivity contribution is 8.00. The Hall–Kier alpha value is -2.93. The lowest BCUT2D eigenvalue weighted by molar-refractivity contribution is -0.113. The number of hydrogen-bond acceptors (Lipinski definition) is 3. The van der Waals surface area contributed by atoms with Crippen LogP contribution in [0.15, 0.2) is 77.8 Å². The van der Waals surface area contributed by atoms with Gasteiger partial charge in [-0.2, -0.15) is 0 Å². The third-order valence-corrected chi connectivity index (χ3v) is 7.12. The molecule has 4 rings (SSSR count). The fourth-order valence-corrected chi connectivity index (χ4v) is 4.83. The predicted molar refractivity (Wildman–Crippen MR) is 141 cm³/mol. The van der Waals surface area contributed by atoms with Crippen molar-refractivity contribution in [2.75, 3.05) is 17.6 Å². The fourth-order valence-electron chi connectivity index (χ4n) is 3.64. The molecule has 0 radical (unpaired) electrons. The number of aryl methyl sites for hydroxylation is 1. The number of para-hydroxylation sites is 1. The molecule has 0 aliphatic rings. The van der Waals surface area contributed by atoms with Gasteiger partial charge in [-0.1, -0.05) is 59.6 Å². The Kier molecular flexibility index (Phi) is 7.83. The number of fused-ring (bicyclic) bond motifs is 1. The number of carbonyl (C=O) groups is 2. The summed E-state index contributed by atoms with van der Waals surface area (Å²) < 4.78 is 2.10. The van der Waals surface area contributed by atoms with Crippen LogP contribution in [-0.2, 0) is 11.3 Å². The van der Waals surface area contributed by atoms with Gasteiger partial charge in [0, 0.05) is 46.3 Å². The van der Waals surface area contributed by atoms with Crippen LogP contribution in [0.2, 0.25) is 10.0 Å². The Labute approximate surface area is 212 Å². The Morgan fingerprint density at radius 3 is 2.53 bits per heavy atom. The number of hydrogen-bond donors (Lipinski definition) is 2. The van der Waals surface area contributed by atoms with Gasteiger partial charge in [-0.3, -0.25) is 9.59 Å². The van der Waals surface area contributed by atoms with Crippen LogP contribution in [-0.4, -0.2) is 28.7 Å². The minimum atomic E-state index is -0.134. The van der Waals surface area contributed by atoms with E-state index in [4.69, 9.17) is 23.2 Å². The Morgan fingerprint density at radius 2 is 1.74 bits per heavy atom. The molecule has 4 aromatic rings. The van der Waals surface area contributed by atoms with Gasteiger partial charge in [0.05, 0.1) is 15.8 Å². The maximum absolute atomic E-state index is 12.5. The van der Waals surface area contributed by atoms with Crippen molar-refractivity contribution in [3.63, 3.8) is 0 Å². The predicted octanol–water partition coefficient (Wildman–Crippen LogP) is 6.42. The number of aromatic nitrogens is 1. The van der Waals surface area contributed by atoms with Gasteiger partial charge in [0.2, 0.25) is 5.91 Å². The van der Waals surface area contributed by atoms with Crippen molar-refractivity contribution in [1.82, 2.24) is 9.88 Å².